The van der Waals surface area contributed by atoms with E-state index >= 15 is 0 Å². The minimum absolute atomic E-state index is 0.896. The fourth-order valence-electron chi connectivity index (χ4n) is 4.39. The molecule has 0 radical (unpaired) electrons. The molecule has 1 heteroatoms. The highest BCUT2D eigenvalue weighted by molar-refractivity contribution is 4.93. The van der Waals surface area contributed by atoms with Crippen LogP contribution in [0.2, 0.25) is 0 Å². The maximum Gasteiger partial charge on any atom is 0.00980 e. The third-order valence-corrected chi connectivity index (χ3v) is 5.67. The Morgan fingerprint density at radius 1 is 0.750 bits per heavy atom. The van der Waals surface area contributed by atoms with Gasteiger partial charge >= 0.3 is 0 Å². The lowest BCUT2D eigenvalue weighted by Gasteiger charge is -2.22. The lowest BCUT2D eigenvalue weighted by Crippen LogP contribution is -2.34. The van der Waals surface area contributed by atoms with Gasteiger partial charge in [0.2, 0.25) is 0 Å². The number of nitrogens with one attached hydrogen (secondary N) is 1. The van der Waals surface area contributed by atoms with E-state index in [9.17, 15) is 0 Å². The first-order valence-electron chi connectivity index (χ1n) is 9.63. The smallest absolute Gasteiger partial charge is 0.00980 e. The van der Waals surface area contributed by atoms with Gasteiger partial charge in [-0.05, 0) is 44.1 Å². The van der Waals surface area contributed by atoms with Crippen LogP contribution in [0.3, 0.4) is 0 Å². The summed E-state index contributed by atoms with van der Waals surface area (Å²) in [4.78, 5) is 0. The van der Waals surface area contributed by atoms with Crippen molar-refractivity contribution in [2.45, 2.75) is 103 Å². The summed E-state index contributed by atoms with van der Waals surface area (Å²) < 4.78 is 0. The SMILES string of the molecule is CCCCCCCCCCCCNC1CC2CCC1C2. The van der Waals surface area contributed by atoms with E-state index < -0.39 is 0 Å². The molecule has 2 aliphatic rings. The van der Waals surface area contributed by atoms with Gasteiger partial charge in [0, 0.05) is 6.04 Å². The van der Waals surface area contributed by atoms with Crippen molar-refractivity contribution < 1.29 is 0 Å². The lowest BCUT2D eigenvalue weighted by molar-refractivity contribution is 0.349. The molecule has 118 valence electrons. The molecule has 1 nitrogen and oxygen atoms in total. The largest absolute Gasteiger partial charge is 0.314 e. The van der Waals surface area contributed by atoms with E-state index in [1.165, 1.54) is 96.4 Å². The monoisotopic (exact) mass is 279 g/mol. The number of unbranched alkanes of at least 4 members (excludes halogenated alkanes) is 9. The fraction of sp³-hybridized carbons (Fsp3) is 1.00. The van der Waals surface area contributed by atoms with Gasteiger partial charge in [-0.2, -0.15) is 0 Å². The second kappa shape index (κ2) is 9.82. The van der Waals surface area contributed by atoms with Gasteiger partial charge in [0.25, 0.3) is 0 Å². The fourth-order valence-corrected chi connectivity index (χ4v) is 4.39. The summed E-state index contributed by atoms with van der Waals surface area (Å²) in [7, 11) is 0. The van der Waals surface area contributed by atoms with Gasteiger partial charge < -0.3 is 5.32 Å². The van der Waals surface area contributed by atoms with Crippen LogP contribution in [0.15, 0.2) is 0 Å². The lowest BCUT2D eigenvalue weighted by atomic mass is 9.95. The first kappa shape index (κ1) is 16.3. The molecule has 0 amide bonds. The van der Waals surface area contributed by atoms with Crippen LogP contribution in [0.5, 0.6) is 0 Å². The number of rotatable bonds is 12. The quantitative estimate of drug-likeness (QED) is 0.453. The number of hydrogen-bond donors (Lipinski definition) is 1. The highest BCUT2D eigenvalue weighted by atomic mass is 14.9. The molecule has 2 bridgehead atoms. The van der Waals surface area contributed by atoms with Gasteiger partial charge in [0.05, 0.1) is 0 Å². The average molecular weight is 280 g/mol. The van der Waals surface area contributed by atoms with Crippen LogP contribution in [-0.4, -0.2) is 12.6 Å². The molecule has 0 saturated heterocycles. The Balaban J connectivity index is 1.31. The zero-order valence-electron chi connectivity index (χ0n) is 13.8. The predicted octanol–water partition coefficient (Wildman–Crippen LogP) is 5.69. The molecule has 0 aromatic carbocycles. The highest BCUT2D eigenvalue weighted by Crippen LogP contribution is 2.44. The molecule has 0 aliphatic heterocycles. The normalized spacial score (nSPS) is 28.4. The minimum atomic E-state index is 0.896. The van der Waals surface area contributed by atoms with E-state index in [0.29, 0.717) is 0 Å². The zero-order chi connectivity index (χ0) is 14.0. The summed E-state index contributed by atoms with van der Waals surface area (Å²) in [6, 6.07) is 0.896. The van der Waals surface area contributed by atoms with Crippen molar-refractivity contribution in [2.24, 2.45) is 11.8 Å². The van der Waals surface area contributed by atoms with Gasteiger partial charge in [0.1, 0.15) is 0 Å². The summed E-state index contributed by atoms with van der Waals surface area (Å²) in [5, 5.41) is 3.84. The molecule has 2 saturated carbocycles. The molecule has 3 unspecified atom stereocenters. The van der Waals surface area contributed by atoms with E-state index in [2.05, 4.69) is 12.2 Å². The van der Waals surface area contributed by atoms with Crippen LogP contribution in [0, 0.1) is 11.8 Å². The van der Waals surface area contributed by atoms with Crippen LogP contribution in [0.1, 0.15) is 96.8 Å². The van der Waals surface area contributed by atoms with Gasteiger partial charge in [0.15, 0.2) is 0 Å². The summed E-state index contributed by atoms with van der Waals surface area (Å²) in [5.41, 5.74) is 0. The number of fused-ring (bicyclic) bond motifs is 2. The van der Waals surface area contributed by atoms with Crippen molar-refractivity contribution in [3.63, 3.8) is 0 Å². The van der Waals surface area contributed by atoms with Gasteiger partial charge in [-0.25, -0.2) is 0 Å². The second-order valence-electron chi connectivity index (χ2n) is 7.42. The molecule has 2 rings (SSSR count). The van der Waals surface area contributed by atoms with Crippen molar-refractivity contribution in [1.29, 1.82) is 0 Å². The molecular weight excluding hydrogens is 242 g/mol. The van der Waals surface area contributed by atoms with E-state index in [1.54, 1.807) is 0 Å². The molecule has 0 aromatic rings. The second-order valence-corrected chi connectivity index (χ2v) is 7.42. The molecule has 1 N–H and O–H groups in total. The summed E-state index contributed by atoms with van der Waals surface area (Å²) >= 11 is 0. The minimum Gasteiger partial charge on any atom is -0.314 e. The Morgan fingerprint density at radius 2 is 1.40 bits per heavy atom. The van der Waals surface area contributed by atoms with Crippen LogP contribution in [0.4, 0.5) is 0 Å². The topological polar surface area (TPSA) is 12.0 Å². The molecule has 2 fully saturated rings. The van der Waals surface area contributed by atoms with Crippen molar-refractivity contribution >= 4 is 0 Å². The maximum absolute atomic E-state index is 3.84. The van der Waals surface area contributed by atoms with Crippen molar-refractivity contribution in [3.05, 3.63) is 0 Å². The number of hydrogen-bond acceptors (Lipinski definition) is 1. The Kier molecular flexibility index (Phi) is 8.02. The van der Waals surface area contributed by atoms with Crippen LogP contribution in [0.25, 0.3) is 0 Å². The molecule has 0 spiro atoms. The maximum atomic E-state index is 3.84. The third-order valence-electron chi connectivity index (χ3n) is 5.67. The van der Waals surface area contributed by atoms with E-state index in [-0.39, 0.29) is 0 Å². The Labute approximate surface area is 127 Å². The van der Waals surface area contributed by atoms with Gasteiger partial charge in [-0.3, -0.25) is 0 Å². The first-order chi connectivity index (χ1) is 9.90. The van der Waals surface area contributed by atoms with Crippen LogP contribution in [-0.2, 0) is 0 Å². The molecule has 0 heterocycles. The van der Waals surface area contributed by atoms with E-state index in [1.807, 2.05) is 0 Å². The van der Waals surface area contributed by atoms with Crippen LogP contribution < -0.4 is 5.32 Å². The van der Waals surface area contributed by atoms with Gasteiger partial charge in [-0.1, -0.05) is 71.1 Å². The van der Waals surface area contributed by atoms with Gasteiger partial charge in [-0.15, -0.1) is 0 Å². The van der Waals surface area contributed by atoms with Crippen molar-refractivity contribution in [1.82, 2.24) is 5.32 Å². The molecule has 3 atom stereocenters. The zero-order valence-corrected chi connectivity index (χ0v) is 13.8. The van der Waals surface area contributed by atoms with E-state index in [0.717, 1.165) is 17.9 Å². The standard InChI is InChI=1S/C19H37N/c1-2-3-4-5-6-7-8-9-10-11-14-20-19-16-17-12-13-18(19)15-17/h17-20H,2-16H2,1H3. The third kappa shape index (κ3) is 5.76. The summed E-state index contributed by atoms with van der Waals surface area (Å²) in [6.45, 7) is 3.58. The summed E-state index contributed by atoms with van der Waals surface area (Å²) in [6.07, 6.45) is 20.6. The Hall–Kier alpha value is -0.0400. The predicted molar refractivity (Wildman–Crippen MR) is 89.1 cm³/mol. The molecular formula is C19H37N. The highest BCUT2D eigenvalue weighted by Gasteiger charge is 2.38. The molecule has 2 aliphatic carbocycles. The van der Waals surface area contributed by atoms with Crippen molar-refractivity contribution in [3.8, 4) is 0 Å². The van der Waals surface area contributed by atoms with E-state index in [4.69, 9.17) is 0 Å². The Morgan fingerprint density at radius 3 is 1.95 bits per heavy atom. The van der Waals surface area contributed by atoms with Crippen LogP contribution >= 0.6 is 0 Å². The average Bonchev–Trinajstić information content (AvgIpc) is 3.07. The first-order valence-corrected chi connectivity index (χ1v) is 9.63. The molecule has 20 heavy (non-hydrogen) atoms. The summed E-state index contributed by atoms with van der Waals surface area (Å²) in [5.74, 6) is 2.13. The van der Waals surface area contributed by atoms with Crippen molar-refractivity contribution in [2.75, 3.05) is 6.54 Å². The molecule has 0 aromatic heterocycles. The Bertz CT molecular complexity index is 238.